The zero-order valence-electron chi connectivity index (χ0n) is 11.7. The molecule has 0 aromatic heterocycles. The molecule has 0 amide bonds. The first-order chi connectivity index (χ1) is 9.88. The number of sulfonamides is 1. The molecular weight excluding hydrogens is 298 g/mol. The zero-order chi connectivity index (χ0) is 15.5. The Morgan fingerprint density at radius 1 is 1.19 bits per heavy atom. The molecule has 1 saturated carbocycles. The Morgan fingerprint density at radius 2 is 1.86 bits per heavy atom. The van der Waals surface area contributed by atoms with Crippen LogP contribution in [0.15, 0.2) is 23.1 Å². The van der Waals surface area contributed by atoms with Gasteiger partial charge in [-0.1, -0.05) is 19.3 Å². The van der Waals surface area contributed by atoms with Crippen LogP contribution in [0.25, 0.3) is 0 Å². The minimum Gasteiger partial charge on any atom is -0.330 e. The van der Waals surface area contributed by atoms with Crippen molar-refractivity contribution in [2.45, 2.75) is 37.0 Å². The molecule has 0 atom stereocenters. The molecule has 0 aliphatic heterocycles. The van der Waals surface area contributed by atoms with E-state index in [0.29, 0.717) is 12.6 Å². The summed E-state index contributed by atoms with van der Waals surface area (Å²) in [6.07, 6.45) is 4.88. The lowest BCUT2D eigenvalue weighted by Gasteiger charge is -2.36. The number of benzene rings is 1. The summed E-state index contributed by atoms with van der Waals surface area (Å²) < 4.78 is 53.2. The number of nitrogens with one attached hydrogen (secondary N) is 1. The maximum atomic E-state index is 13.6. The molecule has 1 aliphatic carbocycles. The van der Waals surface area contributed by atoms with Crippen LogP contribution >= 0.6 is 0 Å². The third kappa shape index (κ3) is 3.78. The molecule has 1 aliphatic rings. The largest absolute Gasteiger partial charge is 0.330 e. The Labute approximate surface area is 123 Å². The first kappa shape index (κ1) is 16.3. The van der Waals surface area contributed by atoms with Gasteiger partial charge in [0.1, 0.15) is 16.5 Å². The zero-order valence-corrected chi connectivity index (χ0v) is 12.6. The van der Waals surface area contributed by atoms with Gasteiger partial charge in [-0.25, -0.2) is 21.9 Å². The average molecular weight is 318 g/mol. The van der Waals surface area contributed by atoms with E-state index in [1.165, 1.54) is 0 Å². The van der Waals surface area contributed by atoms with Crippen molar-refractivity contribution in [3.05, 3.63) is 29.8 Å². The van der Waals surface area contributed by atoms with Crippen LogP contribution in [0.3, 0.4) is 0 Å². The monoisotopic (exact) mass is 318 g/mol. The molecule has 1 aromatic rings. The van der Waals surface area contributed by atoms with E-state index >= 15 is 0 Å². The Morgan fingerprint density at radius 3 is 2.43 bits per heavy atom. The van der Waals surface area contributed by atoms with Crippen LogP contribution in [0.2, 0.25) is 0 Å². The van der Waals surface area contributed by atoms with Crippen molar-refractivity contribution in [1.82, 2.24) is 4.72 Å². The van der Waals surface area contributed by atoms with Crippen molar-refractivity contribution in [2.75, 3.05) is 13.1 Å². The van der Waals surface area contributed by atoms with Crippen LogP contribution in [-0.2, 0) is 10.0 Å². The summed E-state index contributed by atoms with van der Waals surface area (Å²) in [5.41, 5.74) is 5.54. The molecule has 0 saturated heterocycles. The Bertz CT molecular complexity index is 599. The number of hydrogen-bond acceptors (Lipinski definition) is 3. The third-order valence-corrected chi connectivity index (χ3v) is 5.60. The fourth-order valence-electron chi connectivity index (χ4n) is 2.77. The van der Waals surface area contributed by atoms with Gasteiger partial charge in [-0.3, -0.25) is 0 Å². The van der Waals surface area contributed by atoms with Gasteiger partial charge >= 0.3 is 0 Å². The first-order valence-corrected chi connectivity index (χ1v) is 8.52. The molecule has 3 N–H and O–H groups in total. The maximum absolute atomic E-state index is 13.6. The molecule has 21 heavy (non-hydrogen) atoms. The van der Waals surface area contributed by atoms with Gasteiger partial charge in [0.05, 0.1) is 0 Å². The van der Waals surface area contributed by atoms with E-state index < -0.39 is 26.6 Å². The summed E-state index contributed by atoms with van der Waals surface area (Å²) in [4.78, 5) is -0.535. The van der Waals surface area contributed by atoms with E-state index in [-0.39, 0.29) is 12.0 Å². The van der Waals surface area contributed by atoms with Crippen molar-refractivity contribution in [3.63, 3.8) is 0 Å². The number of halogens is 2. The van der Waals surface area contributed by atoms with E-state index in [1.54, 1.807) is 0 Å². The molecule has 2 rings (SSSR count). The van der Waals surface area contributed by atoms with Gasteiger partial charge in [0.25, 0.3) is 0 Å². The van der Waals surface area contributed by atoms with E-state index in [2.05, 4.69) is 4.72 Å². The summed E-state index contributed by atoms with van der Waals surface area (Å²) in [6, 6.07) is 2.42. The van der Waals surface area contributed by atoms with Crippen molar-refractivity contribution in [3.8, 4) is 0 Å². The molecule has 0 bridgehead atoms. The van der Waals surface area contributed by atoms with Crippen LogP contribution in [0.5, 0.6) is 0 Å². The number of rotatable bonds is 5. The highest BCUT2D eigenvalue weighted by Crippen LogP contribution is 2.35. The van der Waals surface area contributed by atoms with Crippen LogP contribution in [0, 0.1) is 17.0 Å². The van der Waals surface area contributed by atoms with Crippen molar-refractivity contribution < 1.29 is 17.2 Å². The summed E-state index contributed by atoms with van der Waals surface area (Å²) in [7, 11) is -4.00. The lowest BCUT2D eigenvalue weighted by atomic mass is 9.74. The highest BCUT2D eigenvalue weighted by atomic mass is 32.2. The minimum atomic E-state index is -4.00. The lowest BCUT2D eigenvalue weighted by Crippen LogP contribution is -2.43. The van der Waals surface area contributed by atoms with E-state index in [1.807, 2.05) is 0 Å². The van der Waals surface area contributed by atoms with Gasteiger partial charge < -0.3 is 5.73 Å². The fourth-order valence-corrected chi connectivity index (χ4v) is 3.99. The van der Waals surface area contributed by atoms with Gasteiger partial charge in [-0.05, 0) is 36.9 Å². The Hall–Kier alpha value is -1.05. The summed E-state index contributed by atoms with van der Waals surface area (Å²) >= 11 is 0. The first-order valence-electron chi connectivity index (χ1n) is 7.03. The van der Waals surface area contributed by atoms with E-state index in [0.717, 1.165) is 44.2 Å². The smallest absolute Gasteiger partial charge is 0.243 e. The highest BCUT2D eigenvalue weighted by molar-refractivity contribution is 7.89. The maximum Gasteiger partial charge on any atom is 0.243 e. The molecular formula is C14H20F2N2O2S. The topological polar surface area (TPSA) is 72.2 Å². The molecule has 7 heteroatoms. The lowest BCUT2D eigenvalue weighted by molar-refractivity contribution is 0.202. The quantitative estimate of drug-likeness (QED) is 0.874. The number of nitrogens with two attached hydrogens (primary N) is 1. The van der Waals surface area contributed by atoms with Gasteiger partial charge in [-0.2, -0.15) is 0 Å². The Kier molecular flexibility index (Phi) is 4.95. The van der Waals surface area contributed by atoms with Crippen LogP contribution in [0.4, 0.5) is 8.78 Å². The average Bonchev–Trinajstić information content (AvgIpc) is 2.46. The number of hydrogen-bond donors (Lipinski definition) is 2. The van der Waals surface area contributed by atoms with Crippen molar-refractivity contribution >= 4 is 10.0 Å². The normalized spacial score (nSPS) is 18.6. The molecule has 1 fully saturated rings. The van der Waals surface area contributed by atoms with Gasteiger partial charge in [0, 0.05) is 12.6 Å². The van der Waals surface area contributed by atoms with Gasteiger partial charge in [0.2, 0.25) is 10.0 Å². The summed E-state index contributed by atoms with van der Waals surface area (Å²) in [5, 5.41) is 0. The predicted octanol–water partition coefficient (Wildman–Crippen LogP) is 2.15. The summed E-state index contributed by atoms with van der Waals surface area (Å²) in [6.45, 7) is 0.573. The standard InChI is InChI=1S/C14H20F2N2O2S/c15-11-4-5-13(12(16)8-11)21(19,20)18-10-14(9-17)6-2-1-3-7-14/h4-5,8,18H,1-3,6-7,9-10,17H2. The second-order valence-corrected chi connectivity index (χ2v) is 7.40. The van der Waals surface area contributed by atoms with Crippen molar-refractivity contribution in [1.29, 1.82) is 0 Å². The molecule has 0 spiro atoms. The van der Waals surface area contributed by atoms with Crippen LogP contribution in [0.1, 0.15) is 32.1 Å². The molecule has 118 valence electrons. The van der Waals surface area contributed by atoms with Gasteiger partial charge in [0.15, 0.2) is 0 Å². The van der Waals surface area contributed by atoms with E-state index in [4.69, 9.17) is 5.73 Å². The SMILES string of the molecule is NCC1(CNS(=O)(=O)c2ccc(F)cc2F)CCCCC1. The Balaban J connectivity index is 2.13. The molecule has 1 aromatic carbocycles. The minimum absolute atomic E-state index is 0.183. The predicted molar refractivity (Wildman–Crippen MR) is 76.1 cm³/mol. The summed E-state index contributed by atoms with van der Waals surface area (Å²) in [5.74, 6) is -1.90. The van der Waals surface area contributed by atoms with E-state index in [9.17, 15) is 17.2 Å². The van der Waals surface area contributed by atoms with Crippen LogP contribution in [-0.4, -0.2) is 21.5 Å². The molecule has 0 radical (unpaired) electrons. The van der Waals surface area contributed by atoms with Crippen molar-refractivity contribution in [2.24, 2.45) is 11.1 Å². The molecule has 0 heterocycles. The molecule has 4 nitrogen and oxygen atoms in total. The van der Waals surface area contributed by atoms with Gasteiger partial charge in [-0.15, -0.1) is 0 Å². The second-order valence-electron chi connectivity index (χ2n) is 5.66. The fraction of sp³-hybridized carbons (Fsp3) is 0.571. The molecule has 0 unspecified atom stereocenters. The van der Waals surface area contributed by atoms with Crippen LogP contribution < -0.4 is 10.5 Å². The highest BCUT2D eigenvalue weighted by Gasteiger charge is 2.32. The third-order valence-electron chi connectivity index (χ3n) is 4.17. The second kappa shape index (κ2) is 6.37.